The standard InChI is InChI=1S/C20H23N3O4.CH4/c24-18(16-8-10-21-11-9-16)17(19(25)23-12-4-5-13-23)22-20(26)27-14-15-6-2-1-3-7-15;/h1-3,6-11,17-18,24H,4-5,12-14H2,(H,22,26);1H4/t17-,18+;/m1./s1. The third kappa shape index (κ3) is 5.53. The fourth-order valence-corrected chi connectivity index (χ4v) is 3.05. The maximum Gasteiger partial charge on any atom is 0.408 e. The van der Waals surface area contributed by atoms with Gasteiger partial charge >= 0.3 is 6.09 Å². The van der Waals surface area contributed by atoms with Crippen LogP contribution in [0, 0.1) is 0 Å². The Morgan fingerprint density at radius 1 is 1.11 bits per heavy atom. The number of ether oxygens (including phenoxy) is 1. The number of aliphatic hydroxyl groups excluding tert-OH is 1. The maximum absolute atomic E-state index is 12.9. The summed E-state index contributed by atoms with van der Waals surface area (Å²) in [6.45, 7) is 1.33. The zero-order valence-corrected chi connectivity index (χ0v) is 15.0. The first kappa shape index (κ1) is 21.4. The third-order valence-corrected chi connectivity index (χ3v) is 4.53. The molecule has 2 N–H and O–H groups in total. The van der Waals surface area contributed by atoms with Crippen molar-refractivity contribution in [2.45, 2.75) is 39.0 Å². The van der Waals surface area contributed by atoms with E-state index in [9.17, 15) is 14.7 Å². The lowest BCUT2D eigenvalue weighted by Gasteiger charge is -2.27. The highest BCUT2D eigenvalue weighted by molar-refractivity contribution is 5.86. The Balaban J connectivity index is 0.00000280. The number of aliphatic hydroxyl groups is 1. The van der Waals surface area contributed by atoms with E-state index in [1.807, 2.05) is 30.3 Å². The Labute approximate surface area is 165 Å². The third-order valence-electron chi connectivity index (χ3n) is 4.53. The monoisotopic (exact) mass is 385 g/mol. The van der Waals surface area contributed by atoms with E-state index in [0.29, 0.717) is 18.7 Å². The molecule has 3 rings (SSSR count). The summed E-state index contributed by atoms with van der Waals surface area (Å²) in [6.07, 6.45) is 2.97. The van der Waals surface area contributed by atoms with Crippen LogP contribution < -0.4 is 5.32 Å². The molecule has 28 heavy (non-hydrogen) atoms. The summed E-state index contributed by atoms with van der Waals surface area (Å²) in [5.74, 6) is -0.312. The van der Waals surface area contributed by atoms with Crippen molar-refractivity contribution in [3.63, 3.8) is 0 Å². The summed E-state index contributed by atoms with van der Waals surface area (Å²) in [5.41, 5.74) is 1.34. The highest BCUT2D eigenvalue weighted by Crippen LogP contribution is 2.20. The molecular formula is C21H27N3O4. The van der Waals surface area contributed by atoms with Crippen LogP contribution in [0.3, 0.4) is 0 Å². The van der Waals surface area contributed by atoms with E-state index in [4.69, 9.17) is 4.74 Å². The van der Waals surface area contributed by atoms with Gasteiger partial charge in [-0.1, -0.05) is 37.8 Å². The van der Waals surface area contributed by atoms with Crippen molar-refractivity contribution in [1.29, 1.82) is 0 Å². The molecule has 1 aromatic heterocycles. The zero-order valence-electron chi connectivity index (χ0n) is 15.0. The molecule has 0 unspecified atom stereocenters. The number of nitrogens with one attached hydrogen (secondary N) is 1. The SMILES string of the molecule is C.O=C(N[C@@H](C(=O)N1CCCC1)[C@@H](O)c1ccncc1)OCc1ccccc1. The summed E-state index contributed by atoms with van der Waals surface area (Å²) in [4.78, 5) is 30.7. The summed E-state index contributed by atoms with van der Waals surface area (Å²) >= 11 is 0. The number of amides is 2. The summed E-state index contributed by atoms with van der Waals surface area (Å²) in [6, 6.07) is 11.4. The van der Waals surface area contributed by atoms with Crippen LogP contribution in [0.1, 0.15) is 37.5 Å². The number of benzene rings is 1. The Hall–Kier alpha value is -2.93. The van der Waals surface area contributed by atoms with Crippen molar-refractivity contribution in [1.82, 2.24) is 15.2 Å². The molecule has 7 nitrogen and oxygen atoms in total. The zero-order chi connectivity index (χ0) is 19.1. The molecule has 1 aromatic carbocycles. The number of likely N-dealkylation sites (tertiary alicyclic amines) is 1. The van der Waals surface area contributed by atoms with E-state index in [0.717, 1.165) is 18.4 Å². The van der Waals surface area contributed by atoms with Gasteiger partial charge in [-0.05, 0) is 36.1 Å². The quantitative estimate of drug-likeness (QED) is 0.798. The number of carbonyl (C=O) groups is 2. The van der Waals surface area contributed by atoms with Crippen molar-refractivity contribution in [3.8, 4) is 0 Å². The van der Waals surface area contributed by atoms with Crippen molar-refractivity contribution < 1.29 is 19.4 Å². The average Bonchev–Trinajstić information content (AvgIpc) is 3.26. The van der Waals surface area contributed by atoms with Gasteiger partial charge in [-0.3, -0.25) is 9.78 Å². The number of hydrogen-bond donors (Lipinski definition) is 2. The van der Waals surface area contributed by atoms with Gasteiger partial charge in [0.2, 0.25) is 5.91 Å². The second kappa shape index (κ2) is 10.4. The molecule has 0 bridgehead atoms. The largest absolute Gasteiger partial charge is 0.445 e. The van der Waals surface area contributed by atoms with Crippen LogP contribution in [0.2, 0.25) is 0 Å². The predicted octanol–water partition coefficient (Wildman–Crippen LogP) is 2.67. The topological polar surface area (TPSA) is 91.8 Å². The van der Waals surface area contributed by atoms with Crippen molar-refractivity contribution >= 4 is 12.0 Å². The number of nitrogens with zero attached hydrogens (tertiary/aromatic N) is 2. The van der Waals surface area contributed by atoms with Crippen LogP contribution in [-0.2, 0) is 16.1 Å². The second-order valence-electron chi connectivity index (χ2n) is 6.44. The van der Waals surface area contributed by atoms with Crippen molar-refractivity contribution in [2.24, 2.45) is 0 Å². The highest BCUT2D eigenvalue weighted by atomic mass is 16.5. The van der Waals surface area contributed by atoms with E-state index in [1.54, 1.807) is 17.0 Å². The number of alkyl carbamates (subject to hydrolysis) is 1. The molecule has 1 aliphatic rings. The summed E-state index contributed by atoms with van der Waals surface area (Å²) in [5, 5.41) is 13.2. The number of hydrogen-bond acceptors (Lipinski definition) is 5. The molecule has 7 heteroatoms. The molecule has 150 valence electrons. The van der Waals surface area contributed by atoms with Crippen LogP contribution in [-0.4, -0.2) is 46.1 Å². The van der Waals surface area contributed by atoms with Crippen LogP contribution in [0.15, 0.2) is 54.9 Å². The van der Waals surface area contributed by atoms with Gasteiger partial charge in [-0.2, -0.15) is 0 Å². The second-order valence-corrected chi connectivity index (χ2v) is 6.44. The Morgan fingerprint density at radius 3 is 2.39 bits per heavy atom. The van der Waals surface area contributed by atoms with Gasteiger partial charge in [0, 0.05) is 25.5 Å². The molecule has 0 spiro atoms. The summed E-state index contributed by atoms with van der Waals surface area (Å²) < 4.78 is 5.21. The minimum Gasteiger partial charge on any atom is -0.445 e. The fraction of sp³-hybridized carbons (Fsp3) is 0.381. The lowest BCUT2D eigenvalue weighted by atomic mass is 10.0. The number of pyridine rings is 1. The number of carbonyl (C=O) groups excluding carboxylic acids is 2. The van der Waals surface area contributed by atoms with E-state index >= 15 is 0 Å². The lowest BCUT2D eigenvalue weighted by molar-refractivity contribution is -0.135. The van der Waals surface area contributed by atoms with E-state index < -0.39 is 18.2 Å². The predicted molar refractivity (Wildman–Crippen MR) is 105 cm³/mol. The van der Waals surface area contributed by atoms with Gasteiger partial charge in [0.25, 0.3) is 0 Å². The Bertz CT molecular complexity index is 749. The lowest BCUT2D eigenvalue weighted by Crippen LogP contribution is -2.51. The van der Waals surface area contributed by atoms with E-state index in [1.165, 1.54) is 12.4 Å². The summed E-state index contributed by atoms with van der Waals surface area (Å²) in [7, 11) is 0. The van der Waals surface area contributed by atoms with Crippen LogP contribution in [0.5, 0.6) is 0 Å². The van der Waals surface area contributed by atoms with Crippen LogP contribution >= 0.6 is 0 Å². The van der Waals surface area contributed by atoms with Gasteiger partial charge in [-0.25, -0.2) is 4.79 Å². The molecule has 1 aliphatic heterocycles. The number of rotatable bonds is 6. The minimum absolute atomic E-state index is 0. The molecule has 0 aliphatic carbocycles. The van der Waals surface area contributed by atoms with E-state index in [-0.39, 0.29) is 19.9 Å². The van der Waals surface area contributed by atoms with Crippen LogP contribution in [0.4, 0.5) is 4.79 Å². The van der Waals surface area contributed by atoms with Crippen molar-refractivity contribution in [2.75, 3.05) is 13.1 Å². The molecule has 0 radical (unpaired) electrons. The normalized spacial score (nSPS) is 15.2. The molecule has 2 heterocycles. The molecule has 2 atom stereocenters. The average molecular weight is 385 g/mol. The van der Waals surface area contributed by atoms with Gasteiger partial charge in [0.05, 0.1) is 0 Å². The van der Waals surface area contributed by atoms with Gasteiger partial charge in [0.1, 0.15) is 18.8 Å². The van der Waals surface area contributed by atoms with Crippen molar-refractivity contribution in [3.05, 3.63) is 66.0 Å². The van der Waals surface area contributed by atoms with Gasteiger partial charge in [0.15, 0.2) is 0 Å². The van der Waals surface area contributed by atoms with Gasteiger partial charge < -0.3 is 20.1 Å². The maximum atomic E-state index is 12.9. The van der Waals surface area contributed by atoms with Crippen LogP contribution in [0.25, 0.3) is 0 Å². The smallest absolute Gasteiger partial charge is 0.408 e. The highest BCUT2D eigenvalue weighted by Gasteiger charge is 2.34. The first-order valence-electron chi connectivity index (χ1n) is 8.99. The first-order chi connectivity index (χ1) is 13.1. The fourth-order valence-electron chi connectivity index (χ4n) is 3.05. The molecule has 2 aromatic rings. The molecular weight excluding hydrogens is 358 g/mol. The Kier molecular flexibility index (Phi) is 7.95. The number of aromatic nitrogens is 1. The molecule has 1 saturated heterocycles. The van der Waals surface area contributed by atoms with E-state index in [2.05, 4.69) is 10.3 Å². The Morgan fingerprint density at radius 2 is 1.75 bits per heavy atom. The first-order valence-corrected chi connectivity index (χ1v) is 8.99. The molecule has 1 fully saturated rings. The molecule has 2 amide bonds. The molecule has 0 saturated carbocycles. The van der Waals surface area contributed by atoms with Gasteiger partial charge in [-0.15, -0.1) is 0 Å². The minimum atomic E-state index is -1.19.